The number of carbonyl (C=O) groups excluding carboxylic acids is 1. The molecule has 1 fully saturated rings. The molecule has 1 N–H and O–H groups in total. The van der Waals surface area contributed by atoms with Gasteiger partial charge in [-0.15, -0.1) is 0 Å². The zero-order valence-corrected chi connectivity index (χ0v) is 14.4. The lowest BCUT2D eigenvalue weighted by atomic mass is 10.1. The van der Waals surface area contributed by atoms with Crippen molar-refractivity contribution < 1.29 is 17.9 Å². The van der Waals surface area contributed by atoms with Gasteiger partial charge in [0, 0.05) is 30.9 Å². The van der Waals surface area contributed by atoms with E-state index in [1.807, 2.05) is 4.90 Å². The fraction of sp³-hybridized carbons (Fsp3) is 0.562. The van der Waals surface area contributed by atoms with Crippen LogP contribution in [-0.4, -0.2) is 51.8 Å². The van der Waals surface area contributed by atoms with Crippen molar-refractivity contribution in [3.8, 4) is 0 Å². The molecule has 0 saturated heterocycles. The van der Waals surface area contributed by atoms with Crippen molar-refractivity contribution in [2.45, 2.75) is 31.7 Å². The monoisotopic (exact) mass is 340 g/mol. The highest BCUT2D eigenvalue weighted by Crippen LogP contribution is 2.25. The summed E-state index contributed by atoms with van der Waals surface area (Å²) in [5.74, 6) is -0.0777. The summed E-state index contributed by atoms with van der Waals surface area (Å²) < 4.78 is 30.2. The van der Waals surface area contributed by atoms with E-state index in [2.05, 4.69) is 4.72 Å². The van der Waals surface area contributed by atoms with Gasteiger partial charge in [0.05, 0.1) is 12.9 Å². The maximum absolute atomic E-state index is 12.8. The van der Waals surface area contributed by atoms with E-state index in [9.17, 15) is 13.2 Å². The van der Waals surface area contributed by atoms with Gasteiger partial charge in [-0.3, -0.25) is 9.52 Å². The third-order valence-electron chi connectivity index (χ3n) is 3.98. The Hall–Kier alpha value is -1.60. The first-order chi connectivity index (χ1) is 10.9. The van der Waals surface area contributed by atoms with E-state index < -0.39 is 10.0 Å². The minimum absolute atomic E-state index is 0.0777. The summed E-state index contributed by atoms with van der Waals surface area (Å²) in [7, 11) is -1.75. The predicted molar refractivity (Wildman–Crippen MR) is 90.1 cm³/mol. The van der Waals surface area contributed by atoms with Crippen LogP contribution in [0.5, 0.6) is 0 Å². The van der Waals surface area contributed by atoms with Gasteiger partial charge < -0.3 is 9.64 Å². The van der Waals surface area contributed by atoms with Crippen LogP contribution in [0, 0.1) is 0 Å². The quantitative estimate of drug-likeness (QED) is 0.825. The fourth-order valence-corrected chi connectivity index (χ4v) is 3.51. The van der Waals surface area contributed by atoms with Crippen LogP contribution in [0.2, 0.25) is 0 Å². The molecule has 2 rings (SSSR count). The Morgan fingerprint density at radius 1 is 1.35 bits per heavy atom. The number of benzene rings is 1. The summed E-state index contributed by atoms with van der Waals surface area (Å²) >= 11 is 0. The van der Waals surface area contributed by atoms with Gasteiger partial charge in [0.1, 0.15) is 0 Å². The van der Waals surface area contributed by atoms with Crippen molar-refractivity contribution in [2.75, 3.05) is 31.2 Å². The number of sulfonamides is 1. The molecular weight excluding hydrogens is 316 g/mol. The lowest BCUT2D eigenvalue weighted by molar-refractivity contribution is 0.0606. The molecule has 0 heterocycles. The Morgan fingerprint density at radius 3 is 2.65 bits per heavy atom. The van der Waals surface area contributed by atoms with Gasteiger partial charge in [-0.25, -0.2) is 8.42 Å². The second-order valence-corrected chi connectivity index (χ2v) is 7.63. The first kappa shape index (κ1) is 17.7. The molecular formula is C16H24N2O4S. The van der Waals surface area contributed by atoms with Crippen molar-refractivity contribution in [1.29, 1.82) is 0 Å². The maximum Gasteiger partial charge on any atom is 0.254 e. The van der Waals surface area contributed by atoms with Gasteiger partial charge in [-0.1, -0.05) is 18.9 Å². The fourth-order valence-electron chi connectivity index (χ4n) is 2.95. The van der Waals surface area contributed by atoms with Gasteiger partial charge in [-0.05, 0) is 31.0 Å². The summed E-state index contributed by atoms with van der Waals surface area (Å²) in [6.07, 6.45) is 5.38. The smallest absolute Gasteiger partial charge is 0.254 e. The molecule has 0 spiro atoms. The van der Waals surface area contributed by atoms with E-state index in [0.717, 1.165) is 31.9 Å². The molecule has 1 aromatic rings. The number of hydrogen-bond donors (Lipinski definition) is 1. The Kier molecular flexibility index (Phi) is 6.01. The number of rotatable bonds is 7. The maximum atomic E-state index is 12.8. The third-order valence-corrected chi connectivity index (χ3v) is 4.58. The zero-order valence-electron chi connectivity index (χ0n) is 13.6. The highest BCUT2D eigenvalue weighted by Gasteiger charge is 2.27. The van der Waals surface area contributed by atoms with Crippen LogP contribution in [0.15, 0.2) is 24.3 Å². The number of methoxy groups -OCH3 is 1. The number of hydrogen-bond acceptors (Lipinski definition) is 4. The summed E-state index contributed by atoms with van der Waals surface area (Å²) in [6, 6.07) is 6.85. The number of amides is 1. The molecule has 128 valence electrons. The molecule has 0 atom stereocenters. The van der Waals surface area contributed by atoms with Crippen molar-refractivity contribution in [3.05, 3.63) is 29.8 Å². The number of nitrogens with one attached hydrogen (secondary N) is 1. The predicted octanol–water partition coefficient (Wildman–Crippen LogP) is 2.09. The molecule has 1 aliphatic carbocycles. The van der Waals surface area contributed by atoms with Crippen LogP contribution >= 0.6 is 0 Å². The second-order valence-electron chi connectivity index (χ2n) is 5.88. The van der Waals surface area contributed by atoms with Crippen LogP contribution in [0.3, 0.4) is 0 Å². The second kappa shape index (κ2) is 7.79. The van der Waals surface area contributed by atoms with Crippen LogP contribution in [0.4, 0.5) is 5.69 Å². The topological polar surface area (TPSA) is 75.7 Å². The summed E-state index contributed by atoms with van der Waals surface area (Å²) in [6.45, 7) is 1.03. The summed E-state index contributed by atoms with van der Waals surface area (Å²) in [5.41, 5.74) is 0.887. The minimum Gasteiger partial charge on any atom is -0.383 e. The Balaban J connectivity index is 2.19. The van der Waals surface area contributed by atoms with Crippen LogP contribution in [-0.2, 0) is 14.8 Å². The number of ether oxygens (including phenoxy) is 1. The molecule has 0 aromatic heterocycles. The standard InChI is InChI=1S/C16H24N2O4S/c1-22-11-10-18(15-8-3-4-9-15)16(19)13-6-5-7-14(12-13)17-23(2,20)21/h5-7,12,15,17H,3-4,8-11H2,1-2H3. The first-order valence-electron chi connectivity index (χ1n) is 7.78. The Bertz CT molecular complexity index is 639. The van der Waals surface area contributed by atoms with E-state index in [1.54, 1.807) is 31.4 Å². The van der Waals surface area contributed by atoms with Gasteiger partial charge in [0.15, 0.2) is 0 Å². The lowest BCUT2D eigenvalue weighted by Crippen LogP contribution is -2.41. The van der Waals surface area contributed by atoms with Crippen molar-refractivity contribution in [1.82, 2.24) is 4.90 Å². The van der Waals surface area contributed by atoms with Gasteiger partial charge in [-0.2, -0.15) is 0 Å². The molecule has 0 bridgehead atoms. The molecule has 6 nitrogen and oxygen atoms in total. The molecule has 1 saturated carbocycles. The number of nitrogens with zero attached hydrogens (tertiary/aromatic N) is 1. The molecule has 1 amide bonds. The highest BCUT2D eigenvalue weighted by molar-refractivity contribution is 7.92. The molecule has 23 heavy (non-hydrogen) atoms. The van der Waals surface area contributed by atoms with E-state index in [0.29, 0.717) is 24.4 Å². The van der Waals surface area contributed by atoms with E-state index in [1.165, 1.54) is 0 Å². The van der Waals surface area contributed by atoms with Crippen LogP contribution in [0.25, 0.3) is 0 Å². The van der Waals surface area contributed by atoms with Crippen molar-refractivity contribution in [2.24, 2.45) is 0 Å². The van der Waals surface area contributed by atoms with E-state index in [-0.39, 0.29) is 11.9 Å². The normalized spacial score (nSPS) is 15.6. The van der Waals surface area contributed by atoms with Gasteiger partial charge in [0.2, 0.25) is 10.0 Å². The van der Waals surface area contributed by atoms with Gasteiger partial charge in [0.25, 0.3) is 5.91 Å². The number of carbonyl (C=O) groups is 1. The molecule has 0 unspecified atom stereocenters. The average molecular weight is 340 g/mol. The van der Waals surface area contributed by atoms with Gasteiger partial charge >= 0.3 is 0 Å². The zero-order chi connectivity index (χ0) is 16.9. The van der Waals surface area contributed by atoms with E-state index >= 15 is 0 Å². The van der Waals surface area contributed by atoms with Crippen molar-refractivity contribution in [3.63, 3.8) is 0 Å². The Morgan fingerprint density at radius 2 is 2.04 bits per heavy atom. The molecule has 7 heteroatoms. The SMILES string of the molecule is COCCN(C(=O)c1cccc(NS(C)(=O)=O)c1)C1CCCC1. The van der Waals surface area contributed by atoms with Crippen LogP contribution in [0.1, 0.15) is 36.0 Å². The summed E-state index contributed by atoms with van der Waals surface area (Å²) in [5, 5.41) is 0. The third kappa shape index (κ3) is 5.21. The first-order valence-corrected chi connectivity index (χ1v) is 9.67. The average Bonchev–Trinajstić information content (AvgIpc) is 3.00. The van der Waals surface area contributed by atoms with Crippen LogP contribution < -0.4 is 4.72 Å². The summed E-state index contributed by atoms with van der Waals surface area (Å²) in [4.78, 5) is 14.7. The lowest BCUT2D eigenvalue weighted by Gasteiger charge is -2.29. The Labute approximate surface area is 137 Å². The highest BCUT2D eigenvalue weighted by atomic mass is 32.2. The molecule has 0 radical (unpaired) electrons. The minimum atomic E-state index is -3.36. The van der Waals surface area contributed by atoms with Crippen molar-refractivity contribution >= 4 is 21.6 Å². The molecule has 1 aromatic carbocycles. The molecule has 0 aliphatic heterocycles. The van der Waals surface area contributed by atoms with E-state index in [4.69, 9.17) is 4.74 Å². The largest absolute Gasteiger partial charge is 0.383 e. The molecule has 1 aliphatic rings. The number of anilines is 1.